The molecular formula is C14H25N3O. The van der Waals surface area contributed by atoms with Crippen LogP contribution in [0, 0.1) is 5.92 Å². The van der Waals surface area contributed by atoms with E-state index in [4.69, 9.17) is 10.6 Å². The molecule has 4 heteroatoms. The Morgan fingerprint density at radius 1 is 1.44 bits per heavy atom. The number of aromatic nitrogens is 1. The van der Waals surface area contributed by atoms with Gasteiger partial charge in [0.05, 0.1) is 0 Å². The van der Waals surface area contributed by atoms with Crippen LogP contribution in [0.5, 0.6) is 0 Å². The van der Waals surface area contributed by atoms with Crippen LogP contribution in [0.25, 0.3) is 0 Å². The second kappa shape index (κ2) is 8.19. The summed E-state index contributed by atoms with van der Waals surface area (Å²) >= 11 is 0. The number of nitrogens with two attached hydrogens (primary N) is 1. The third-order valence-corrected chi connectivity index (χ3v) is 3.12. The molecule has 2 unspecified atom stereocenters. The Hall–Kier alpha value is -0.970. The molecule has 0 aliphatic carbocycles. The molecule has 1 aromatic heterocycles. The lowest BCUT2D eigenvalue weighted by Crippen LogP contribution is -2.38. The molecule has 0 spiro atoms. The summed E-state index contributed by atoms with van der Waals surface area (Å²) in [6.07, 6.45) is 4.81. The highest BCUT2D eigenvalue weighted by Gasteiger charge is 2.13. The Labute approximate surface area is 110 Å². The van der Waals surface area contributed by atoms with Crippen molar-refractivity contribution >= 4 is 0 Å². The molecule has 0 amide bonds. The molecule has 18 heavy (non-hydrogen) atoms. The number of hydrogen-bond acceptors (Lipinski definition) is 4. The van der Waals surface area contributed by atoms with E-state index in [-0.39, 0.29) is 6.04 Å². The standard InChI is InChI=1S/C14H25N3O/c1-4-12-5-6-13(16-9-12)8-14(17-15)7-11(2)10-18-3/h5-6,9,11,14,17H,4,7-8,10,15H2,1-3H3. The van der Waals surface area contributed by atoms with Crippen LogP contribution in [0.4, 0.5) is 0 Å². The molecule has 1 aromatic rings. The van der Waals surface area contributed by atoms with Crippen molar-refractivity contribution in [2.24, 2.45) is 11.8 Å². The molecular weight excluding hydrogens is 226 g/mol. The molecule has 0 saturated carbocycles. The fourth-order valence-electron chi connectivity index (χ4n) is 2.09. The highest BCUT2D eigenvalue weighted by atomic mass is 16.5. The van der Waals surface area contributed by atoms with E-state index in [1.165, 1.54) is 5.56 Å². The highest BCUT2D eigenvalue weighted by Crippen LogP contribution is 2.11. The first-order chi connectivity index (χ1) is 8.69. The molecule has 0 aromatic carbocycles. The van der Waals surface area contributed by atoms with Crippen molar-refractivity contribution in [1.82, 2.24) is 10.4 Å². The summed E-state index contributed by atoms with van der Waals surface area (Å²) in [5.41, 5.74) is 5.22. The van der Waals surface area contributed by atoms with E-state index in [2.05, 4.69) is 36.4 Å². The van der Waals surface area contributed by atoms with Crippen molar-refractivity contribution in [3.05, 3.63) is 29.6 Å². The summed E-state index contributed by atoms with van der Waals surface area (Å²) in [6.45, 7) is 5.06. The monoisotopic (exact) mass is 251 g/mol. The van der Waals surface area contributed by atoms with Gasteiger partial charge in [0, 0.05) is 38.1 Å². The van der Waals surface area contributed by atoms with Gasteiger partial charge in [0.15, 0.2) is 0 Å². The second-order valence-electron chi connectivity index (χ2n) is 4.88. The molecule has 0 aliphatic rings. The zero-order valence-electron chi connectivity index (χ0n) is 11.6. The molecule has 3 N–H and O–H groups in total. The SMILES string of the molecule is CCc1ccc(CC(CC(C)COC)NN)nc1. The van der Waals surface area contributed by atoms with E-state index in [1.54, 1.807) is 7.11 Å². The number of aryl methyl sites for hydroxylation is 1. The third kappa shape index (κ3) is 5.12. The predicted molar refractivity (Wildman–Crippen MR) is 74.1 cm³/mol. The van der Waals surface area contributed by atoms with Gasteiger partial charge in [-0.05, 0) is 30.4 Å². The molecule has 0 saturated heterocycles. The normalized spacial score (nSPS) is 14.4. The van der Waals surface area contributed by atoms with E-state index >= 15 is 0 Å². The molecule has 0 aliphatic heterocycles. The van der Waals surface area contributed by atoms with Crippen molar-refractivity contribution < 1.29 is 4.74 Å². The van der Waals surface area contributed by atoms with Crippen LogP contribution in [0.15, 0.2) is 18.3 Å². The Kier molecular flexibility index (Phi) is 6.86. The number of nitrogens with one attached hydrogen (secondary N) is 1. The van der Waals surface area contributed by atoms with Crippen molar-refractivity contribution in [3.8, 4) is 0 Å². The lowest BCUT2D eigenvalue weighted by atomic mass is 9.99. The number of ether oxygens (including phenoxy) is 1. The zero-order valence-corrected chi connectivity index (χ0v) is 11.6. The number of pyridine rings is 1. The Balaban J connectivity index is 2.50. The smallest absolute Gasteiger partial charge is 0.0488 e. The summed E-state index contributed by atoms with van der Waals surface area (Å²) < 4.78 is 5.15. The quantitative estimate of drug-likeness (QED) is 0.545. The molecule has 1 rings (SSSR count). The summed E-state index contributed by atoms with van der Waals surface area (Å²) in [6, 6.07) is 4.47. The van der Waals surface area contributed by atoms with E-state index < -0.39 is 0 Å². The number of hydrogen-bond donors (Lipinski definition) is 2. The average molecular weight is 251 g/mol. The van der Waals surface area contributed by atoms with Gasteiger partial charge in [-0.25, -0.2) is 0 Å². The van der Waals surface area contributed by atoms with Crippen LogP contribution in [-0.4, -0.2) is 24.7 Å². The fraction of sp³-hybridized carbons (Fsp3) is 0.643. The molecule has 0 fully saturated rings. The van der Waals surface area contributed by atoms with Crippen LogP contribution >= 0.6 is 0 Å². The van der Waals surface area contributed by atoms with Gasteiger partial charge >= 0.3 is 0 Å². The van der Waals surface area contributed by atoms with Crippen LogP contribution in [0.1, 0.15) is 31.5 Å². The maximum absolute atomic E-state index is 5.60. The van der Waals surface area contributed by atoms with Gasteiger partial charge in [0.2, 0.25) is 0 Å². The molecule has 102 valence electrons. The van der Waals surface area contributed by atoms with Gasteiger partial charge in [-0.3, -0.25) is 16.3 Å². The maximum atomic E-state index is 5.60. The molecule has 0 bridgehead atoms. The van der Waals surface area contributed by atoms with E-state index in [0.717, 1.165) is 31.6 Å². The van der Waals surface area contributed by atoms with Crippen molar-refractivity contribution in [2.75, 3.05) is 13.7 Å². The topological polar surface area (TPSA) is 60.2 Å². The van der Waals surface area contributed by atoms with Crippen LogP contribution in [0.2, 0.25) is 0 Å². The molecule has 0 radical (unpaired) electrons. The minimum absolute atomic E-state index is 0.245. The highest BCUT2D eigenvalue weighted by molar-refractivity contribution is 5.14. The first-order valence-corrected chi connectivity index (χ1v) is 6.58. The molecule has 4 nitrogen and oxygen atoms in total. The van der Waals surface area contributed by atoms with E-state index in [1.807, 2.05) is 6.20 Å². The van der Waals surface area contributed by atoms with Gasteiger partial charge < -0.3 is 4.74 Å². The second-order valence-corrected chi connectivity index (χ2v) is 4.88. The summed E-state index contributed by atoms with van der Waals surface area (Å²) in [7, 11) is 1.73. The largest absolute Gasteiger partial charge is 0.384 e. The lowest BCUT2D eigenvalue weighted by Gasteiger charge is -2.19. The third-order valence-electron chi connectivity index (χ3n) is 3.12. The summed E-state index contributed by atoms with van der Waals surface area (Å²) in [5, 5.41) is 0. The number of hydrazine groups is 1. The Morgan fingerprint density at radius 3 is 2.72 bits per heavy atom. The summed E-state index contributed by atoms with van der Waals surface area (Å²) in [4.78, 5) is 4.46. The van der Waals surface area contributed by atoms with Gasteiger partial charge in [-0.2, -0.15) is 0 Å². The fourth-order valence-corrected chi connectivity index (χ4v) is 2.09. The molecule has 1 heterocycles. The van der Waals surface area contributed by atoms with Gasteiger partial charge in [0.1, 0.15) is 0 Å². The number of methoxy groups -OCH3 is 1. The van der Waals surface area contributed by atoms with Crippen LogP contribution < -0.4 is 11.3 Å². The minimum atomic E-state index is 0.245. The van der Waals surface area contributed by atoms with Gasteiger partial charge in [0.25, 0.3) is 0 Å². The summed E-state index contributed by atoms with van der Waals surface area (Å²) in [5.74, 6) is 6.09. The Morgan fingerprint density at radius 2 is 2.22 bits per heavy atom. The van der Waals surface area contributed by atoms with Crippen LogP contribution in [-0.2, 0) is 17.6 Å². The lowest BCUT2D eigenvalue weighted by molar-refractivity contribution is 0.149. The maximum Gasteiger partial charge on any atom is 0.0488 e. The number of rotatable bonds is 8. The van der Waals surface area contributed by atoms with Gasteiger partial charge in [-0.1, -0.05) is 19.9 Å². The predicted octanol–water partition coefficient (Wildman–Crippen LogP) is 1.69. The van der Waals surface area contributed by atoms with E-state index in [9.17, 15) is 0 Å². The number of nitrogens with zero attached hydrogens (tertiary/aromatic N) is 1. The Bertz CT molecular complexity index is 326. The van der Waals surface area contributed by atoms with E-state index in [0.29, 0.717) is 5.92 Å². The van der Waals surface area contributed by atoms with Gasteiger partial charge in [-0.15, -0.1) is 0 Å². The first-order valence-electron chi connectivity index (χ1n) is 6.58. The van der Waals surface area contributed by atoms with Crippen molar-refractivity contribution in [2.45, 2.75) is 39.2 Å². The van der Waals surface area contributed by atoms with Crippen molar-refractivity contribution in [3.63, 3.8) is 0 Å². The minimum Gasteiger partial charge on any atom is -0.384 e. The zero-order chi connectivity index (χ0) is 13.4. The molecule has 2 atom stereocenters. The first kappa shape index (κ1) is 15.1. The van der Waals surface area contributed by atoms with Crippen molar-refractivity contribution in [1.29, 1.82) is 0 Å². The average Bonchev–Trinajstić information content (AvgIpc) is 2.39. The van der Waals surface area contributed by atoms with Crippen LogP contribution in [0.3, 0.4) is 0 Å².